The second kappa shape index (κ2) is 13.6. The molecule has 1 saturated heterocycles. The van der Waals surface area contributed by atoms with Crippen molar-refractivity contribution in [3.05, 3.63) is 29.3 Å². The van der Waals surface area contributed by atoms with Gasteiger partial charge in [-0.3, -0.25) is 9.79 Å². The number of benzene rings is 1. The molecule has 0 bridgehead atoms. The van der Waals surface area contributed by atoms with Crippen molar-refractivity contribution >= 4 is 35.8 Å². The molecule has 1 aromatic carbocycles. The van der Waals surface area contributed by atoms with Crippen molar-refractivity contribution in [1.29, 1.82) is 0 Å². The fraction of sp³-hybridized carbons (Fsp3) is 0.619. The normalized spacial score (nSPS) is 16.3. The third-order valence-corrected chi connectivity index (χ3v) is 4.49. The highest BCUT2D eigenvalue weighted by molar-refractivity contribution is 14.0. The van der Waals surface area contributed by atoms with E-state index in [0.717, 1.165) is 30.9 Å². The van der Waals surface area contributed by atoms with Gasteiger partial charge < -0.3 is 25.4 Å². The highest BCUT2D eigenvalue weighted by Gasteiger charge is 2.17. The lowest BCUT2D eigenvalue weighted by Gasteiger charge is -2.17. The Morgan fingerprint density at radius 3 is 2.79 bits per heavy atom. The molecular weight excluding hydrogens is 483 g/mol. The number of aryl methyl sites for hydroxylation is 1. The quantitative estimate of drug-likeness (QED) is 0.266. The molecule has 7 nitrogen and oxygen atoms in total. The minimum absolute atomic E-state index is 0. The number of rotatable bonds is 9. The summed E-state index contributed by atoms with van der Waals surface area (Å²) in [6, 6.07) is 6.38. The maximum absolute atomic E-state index is 11.7. The van der Waals surface area contributed by atoms with Crippen LogP contribution in [0.1, 0.15) is 37.8 Å². The minimum atomic E-state index is 0. The largest absolute Gasteiger partial charge is 0.493 e. The molecule has 2 rings (SSSR count). The van der Waals surface area contributed by atoms with Crippen molar-refractivity contribution in [1.82, 2.24) is 16.0 Å². The second-order valence-electron chi connectivity index (χ2n) is 7.48. The monoisotopic (exact) mass is 518 g/mol. The maximum atomic E-state index is 11.7. The Balaban J connectivity index is 0.00000420. The van der Waals surface area contributed by atoms with Crippen molar-refractivity contribution < 1.29 is 14.3 Å². The Kier molecular flexibility index (Phi) is 12.0. The molecule has 1 aliphatic heterocycles. The van der Waals surface area contributed by atoms with Crippen molar-refractivity contribution in [2.24, 2.45) is 10.9 Å². The number of ether oxygens (including phenoxy) is 2. The van der Waals surface area contributed by atoms with Gasteiger partial charge in [-0.05, 0) is 38.8 Å². The van der Waals surface area contributed by atoms with E-state index in [2.05, 4.69) is 46.1 Å². The summed E-state index contributed by atoms with van der Waals surface area (Å²) in [5, 5.41) is 9.34. The number of halogens is 1. The van der Waals surface area contributed by atoms with Gasteiger partial charge in [0.25, 0.3) is 0 Å². The van der Waals surface area contributed by atoms with Crippen molar-refractivity contribution in [2.45, 2.75) is 46.2 Å². The fourth-order valence-corrected chi connectivity index (χ4v) is 2.95. The molecule has 1 amide bonds. The van der Waals surface area contributed by atoms with E-state index < -0.39 is 0 Å². The number of carbonyl (C=O) groups is 1. The summed E-state index contributed by atoms with van der Waals surface area (Å²) in [5.41, 5.74) is 2.24. The van der Waals surface area contributed by atoms with Gasteiger partial charge in [0, 0.05) is 50.7 Å². The molecule has 0 aromatic heterocycles. The first-order chi connectivity index (χ1) is 13.5. The first kappa shape index (κ1) is 25.5. The zero-order valence-electron chi connectivity index (χ0n) is 17.9. The van der Waals surface area contributed by atoms with E-state index in [4.69, 9.17) is 9.47 Å². The van der Waals surface area contributed by atoms with Gasteiger partial charge in [-0.1, -0.05) is 12.1 Å². The van der Waals surface area contributed by atoms with Gasteiger partial charge in [-0.15, -0.1) is 24.0 Å². The zero-order valence-corrected chi connectivity index (χ0v) is 20.2. The van der Waals surface area contributed by atoms with Crippen molar-refractivity contribution in [3.63, 3.8) is 0 Å². The van der Waals surface area contributed by atoms with Gasteiger partial charge >= 0.3 is 0 Å². The molecule has 3 N–H and O–H groups in total. The molecule has 0 saturated carbocycles. The Labute approximate surface area is 191 Å². The average Bonchev–Trinajstić information content (AvgIpc) is 3.16. The second-order valence-corrected chi connectivity index (χ2v) is 7.48. The van der Waals surface area contributed by atoms with Gasteiger partial charge in [-0.2, -0.15) is 0 Å². The number of amides is 1. The molecule has 1 aromatic rings. The predicted octanol–water partition coefficient (Wildman–Crippen LogP) is 2.61. The highest BCUT2D eigenvalue weighted by Crippen LogP contribution is 2.22. The smallest absolute Gasteiger partial charge is 0.221 e. The average molecular weight is 518 g/mol. The molecule has 0 radical (unpaired) electrons. The van der Waals surface area contributed by atoms with E-state index >= 15 is 0 Å². The lowest BCUT2D eigenvalue weighted by atomic mass is 10.1. The van der Waals surface area contributed by atoms with Gasteiger partial charge in [0.1, 0.15) is 5.75 Å². The van der Waals surface area contributed by atoms with Crippen LogP contribution >= 0.6 is 24.0 Å². The van der Waals surface area contributed by atoms with E-state index in [1.807, 2.05) is 13.8 Å². The number of hydrogen-bond acceptors (Lipinski definition) is 4. The van der Waals surface area contributed by atoms with E-state index in [1.54, 1.807) is 7.05 Å². The van der Waals surface area contributed by atoms with Gasteiger partial charge in [0.15, 0.2) is 5.96 Å². The third kappa shape index (κ3) is 9.66. The van der Waals surface area contributed by atoms with Crippen LogP contribution in [-0.4, -0.2) is 51.3 Å². The van der Waals surface area contributed by atoms with Crippen LogP contribution in [0.5, 0.6) is 5.75 Å². The summed E-state index contributed by atoms with van der Waals surface area (Å²) >= 11 is 0. The molecule has 164 valence electrons. The van der Waals surface area contributed by atoms with Gasteiger partial charge in [-0.25, -0.2) is 0 Å². The first-order valence-corrected chi connectivity index (χ1v) is 10.0. The maximum Gasteiger partial charge on any atom is 0.221 e. The number of guanidine groups is 1. The van der Waals surface area contributed by atoms with Crippen LogP contribution in [0.2, 0.25) is 0 Å². The Hall–Kier alpha value is -1.55. The molecule has 0 aliphatic carbocycles. The SMILES string of the molecule is CN=C(NCCC(=O)NC(C)C)NCc1ccc(C)cc1OCC1CCOC1.I. The zero-order chi connectivity index (χ0) is 20.4. The highest BCUT2D eigenvalue weighted by atomic mass is 127. The molecule has 29 heavy (non-hydrogen) atoms. The first-order valence-electron chi connectivity index (χ1n) is 10.0. The standard InChI is InChI=1S/C21H34N4O3.HI/c1-15(2)25-20(26)7-9-23-21(22-4)24-12-18-6-5-16(3)11-19(18)28-14-17-8-10-27-13-17;/h5-6,11,15,17H,7-10,12-14H2,1-4H3,(H,25,26)(H2,22,23,24);1H. The Morgan fingerprint density at radius 2 is 2.14 bits per heavy atom. The molecule has 1 fully saturated rings. The number of carbonyl (C=O) groups excluding carboxylic acids is 1. The fourth-order valence-electron chi connectivity index (χ4n) is 2.95. The summed E-state index contributed by atoms with van der Waals surface area (Å²) in [6.45, 7) is 9.36. The molecular formula is C21H35IN4O3. The number of nitrogens with zero attached hydrogens (tertiary/aromatic N) is 1. The summed E-state index contributed by atoms with van der Waals surface area (Å²) in [4.78, 5) is 15.9. The summed E-state index contributed by atoms with van der Waals surface area (Å²) in [7, 11) is 1.72. The van der Waals surface area contributed by atoms with Crippen LogP contribution in [0.3, 0.4) is 0 Å². The van der Waals surface area contributed by atoms with Gasteiger partial charge in [0.2, 0.25) is 5.91 Å². The summed E-state index contributed by atoms with van der Waals surface area (Å²) in [5.74, 6) is 2.05. The molecule has 1 heterocycles. The lowest BCUT2D eigenvalue weighted by molar-refractivity contribution is -0.121. The third-order valence-electron chi connectivity index (χ3n) is 4.49. The number of aliphatic imine (C=N–C) groups is 1. The van der Waals surface area contributed by atoms with Crippen LogP contribution in [0.15, 0.2) is 23.2 Å². The van der Waals surface area contributed by atoms with Crippen molar-refractivity contribution in [2.75, 3.05) is 33.4 Å². The van der Waals surface area contributed by atoms with Crippen molar-refractivity contribution in [3.8, 4) is 5.75 Å². The summed E-state index contributed by atoms with van der Waals surface area (Å²) in [6.07, 6.45) is 1.46. The Morgan fingerprint density at radius 1 is 1.34 bits per heavy atom. The topological polar surface area (TPSA) is 84.0 Å². The number of hydrogen-bond donors (Lipinski definition) is 3. The predicted molar refractivity (Wildman–Crippen MR) is 127 cm³/mol. The van der Waals surface area contributed by atoms with Crippen LogP contribution < -0.4 is 20.7 Å². The van der Waals surface area contributed by atoms with Crippen LogP contribution in [0.25, 0.3) is 0 Å². The number of nitrogens with one attached hydrogen (secondary N) is 3. The van der Waals surface area contributed by atoms with Crippen LogP contribution in [-0.2, 0) is 16.1 Å². The molecule has 1 aliphatic rings. The molecule has 1 atom stereocenters. The van der Waals surface area contributed by atoms with E-state index in [1.165, 1.54) is 5.56 Å². The Bertz CT molecular complexity index is 661. The van der Waals surface area contributed by atoms with Gasteiger partial charge in [0.05, 0.1) is 13.2 Å². The van der Waals surface area contributed by atoms with Crippen LogP contribution in [0, 0.1) is 12.8 Å². The lowest BCUT2D eigenvalue weighted by Crippen LogP contribution is -2.39. The summed E-state index contributed by atoms with van der Waals surface area (Å²) < 4.78 is 11.5. The van der Waals surface area contributed by atoms with E-state index in [9.17, 15) is 4.79 Å². The molecule has 0 spiro atoms. The molecule has 1 unspecified atom stereocenters. The van der Waals surface area contributed by atoms with E-state index in [0.29, 0.717) is 38.0 Å². The van der Waals surface area contributed by atoms with Crippen LogP contribution in [0.4, 0.5) is 0 Å². The minimum Gasteiger partial charge on any atom is -0.493 e. The molecule has 8 heteroatoms. The van der Waals surface area contributed by atoms with E-state index in [-0.39, 0.29) is 35.9 Å².